The molecule has 2 rings (SSSR count). The smallest absolute Gasteiger partial charge is 0.241 e. The van der Waals surface area contributed by atoms with E-state index < -0.39 is 6.04 Å². The summed E-state index contributed by atoms with van der Waals surface area (Å²) in [4.78, 5) is 14.6. The number of benzene rings is 2. The molecule has 7 heteroatoms. The van der Waals surface area contributed by atoms with Gasteiger partial charge in [0.05, 0.1) is 36.0 Å². The molecule has 0 aliphatic carbocycles. The van der Waals surface area contributed by atoms with Gasteiger partial charge < -0.3 is 14.8 Å². The van der Waals surface area contributed by atoms with Crippen LogP contribution in [0.5, 0.6) is 11.5 Å². The lowest BCUT2D eigenvalue weighted by Crippen LogP contribution is -2.39. The van der Waals surface area contributed by atoms with Crippen molar-refractivity contribution in [1.82, 2.24) is 4.90 Å². The average Bonchev–Trinajstić information content (AvgIpc) is 2.65. The number of aryl methyl sites for hydroxylation is 1. The summed E-state index contributed by atoms with van der Waals surface area (Å²) in [5, 5.41) is 3.62. The first-order valence-electron chi connectivity index (χ1n) is 8.45. The minimum Gasteiger partial charge on any atom is -0.493 e. The number of para-hydroxylation sites is 1. The quantitative estimate of drug-likeness (QED) is 0.713. The molecule has 0 aliphatic rings. The van der Waals surface area contributed by atoms with Gasteiger partial charge in [-0.25, -0.2) is 0 Å². The van der Waals surface area contributed by atoms with Crippen molar-refractivity contribution in [3.8, 4) is 11.5 Å². The lowest BCUT2D eigenvalue weighted by molar-refractivity contribution is -0.120. The molecule has 0 heterocycles. The predicted molar refractivity (Wildman–Crippen MR) is 110 cm³/mol. The van der Waals surface area contributed by atoms with Crippen LogP contribution < -0.4 is 14.8 Å². The van der Waals surface area contributed by atoms with Gasteiger partial charge in [-0.05, 0) is 56.3 Å². The van der Waals surface area contributed by atoms with Crippen molar-refractivity contribution in [3.63, 3.8) is 0 Å². The molecule has 0 bridgehead atoms. The van der Waals surface area contributed by atoms with E-state index in [1.54, 1.807) is 32.4 Å². The van der Waals surface area contributed by atoms with Crippen molar-refractivity contribution >= 4 is 34.8 Å². The highest BCUT2D eigenvalue weighted by Crippen LogP contribution is 2.32. The van der Waals surface area contributed by atoms with E-state index in [1.165, 1.54) is 0 Å². The van der Waals surface area contributed by atoms with E-state index in [0.717, 1.165) is 11.1 Å². The van der Waals surface area contributed by atoms with Gasteiger partial charge in [0.25, 0.3) is 0 Å². The van der Waals surface area contributed by atoms with Crippen molar-refractivity contribution < 1.29 is 14.3 Å². The molecule has 2 aromatic rings. The number of nitrogens with zero attached hydrogens (tertiary/aromatic N) is 1. The van der Waals surface area contributed by atoms with E-state index in [9.17, 15) is 4.79 Å². The van der Waals surface area contributed by atoms with E-state index >= 15 is 0 Å². The normalized spacial score (nSPS) is 12.0. The number of rotatable bonds is 7. The van der Waals surface area contributed by atoms with Crippen LogP contribution in [0.3, 0.4) is 0 Å². The first kappa shape index (κ1) is 21.4. The molecule has 27 heavy (non-hydrogen) atoms. The first-order valence-corrected chi connectivity index (χ1v) is 9.20. The number of nitrogens with one attached hydrogen (secondary N) is 1. The van der Waals surface area contributed by atoms with Crippen molar-refractivity contribution in [2.24, 2.45) is 0 Å². The number of anilines is 1. The number of methoxy groups -OCH3 is 2. The molecule has 0 saturated heterocycles. The van der Waals surface area contributed by atoms with Gasteiger partial charge in [-0.2, -0.15) is 0 Å². The molecule has 0 unspecified atom stereocenters. The van der Waals surface area contributed by atoms with E-state index in [4.69, 9.17) is 32.7 Å². The summed E-state index contributed by atoms with van der Waals surface area (Å²) >= 11 is 12.3. The summed E-state index contributed by atoms with van der Waals surface area (Å²) in [6.45, 7) is 4.40. The highest BCUT2D eigenvalue weighted by Gasteiger charge is 2.21. The van der Waals surface area contributed by atoms with Crippen LogP contribution in [0.25, 0.3) is 0 Å². The second-order valence-electron chi connectivity index (χ2n) is 6.31. The Balaban J connectivity index is 2.13. The van der Waals surface area contributed by atoms with Crippen LogP contribution in [-0.4, -0.2) is 38.1 Å². The zero-order chi connectivity index (χ0) is 20.1. The average molecular weight is 411 g/mol. The maximum Gasteiger partial charge on any atom is 0.241 e. The van der Waals surface area contributed by atoms with Gasteiger partial charge in [-0.3, -0.25) is 9.69 Å². The van der Waals surface area contributed by atoms with Crippen LogP contribution in [0.2, 0.25) is 10.0 Å². The van der Waals surface area contributed by atoms with E-state index in [1.807, 2.05) is 37.9 Å². The summed E-state index contributed by atoms with van der Waals surface area (Å²) in [5.74, 6) is 1.15. The van der Waals surface area contributed by atoms with Crippen molar-refractivity contribution in [2.45, 2.75) is 26.4 Å². The summed E-state index contributed by atoms with van der Waals surface area (Å²) in [6.07, 6.45) is 0. The molecular formula is C20H24Cl2N2O3. The number of likely N-dealkylation sites (N-methyl/N-ethyl adjacent to an activating group) is 1. The Morgan fingerprint density at radius 1 is 1.15 bits per heavy atom. The van der Waals surface area contributed by atoms with Crippen LogP contribution in [0.4, 0.5) is 5.69 Å². The monoisotopic (exact) mass is 410 g/mol. The molecule has 0 spiro atoms. The second kappa shape index (κ2) is 9.31. The predicted octanol–water partition coefficient (Wildman–Crippen LogP) is 4.78. The summed E-state index contributed by atoms with van der Waals surface area (Å²) in [7, 11) is 5.09. The van der Waals surface area contributed by atoms with Gasteiger partial charge in [-0.15, -0.1) is 0 Å². The van der Waals surface area contributed by atoms with Gasteiger partial charge >= 0.3 is 0 Å². The number of halogens is 2. The minimum atomic E-state index is -0.398. The molecule has 1 N–H and O–H groups in total. The summed E-state index contributed by atoms with van der Waals surface area (Å²) in [5.41, 5.74) is 2.53. The zero-order valence-corrected chi connectivity index (χ0v) is 17.6. The Hall–Kier alpha value is -1.95. The Morgan fingerprint density at radius 2 is 1.70 bits per heavy atom. The van der Waals surface area contributed by atoms with E-state index in [2.05, 4.69) is 5.32 Å². The number of hydrogen-bond donors (Lipinski definition) is 1. The number of carbonyl (C=O) groups excluding carboxylic acids is 1. The fourth-order valence-electron chi connectivity index (χ4n) is 2.64. The highest BCUT2D eigenvalue weighted by molar-refractivity contribution is 6.39. The Morgan fingerprint density at radius 3 is 2.26 bits per heavy atom. The topological polar surface area (TPSA) is 50.8 Å². The molecule has 0 fully saturated rings. The second-order valence-corrected chi connectivity index (χ2v) is 7.13. The molecule has 5 nitrogen and oxygen atoms in total. The molecule has 0 saturated carbocycles. The Bertz CT molecular complexity index is 807. The molecular weight excluding hydrogens is 387 g/mol. The number of amides is 1. The Labute approximate surface area is 170 Å². The van der Waals surface area contributed by atoms with Gasteiger partial charge in [-0.1, -0.05) is 29.3 Å². The van der Waals surface area contributed by atoms with Crippen LogP contribution in [-0.2, 0) is 11.3 Å². The third-order valence-corrected chi connectivity index (χ3v) is 5.14. The maximum atomic E-state index is 12.6. The van der Waals surface area contributed by atoms with Crippen molar-refractivity contribution in [3.05, 3.63) is 51.5 Å². The summed E-state index contributed by atoms with van der Waals surface area (Å²) in [6, 6.07) is 8.56. The van der Waals surface area contributed by atoms with Crippen LogP contribution in [0, 0.1) is 6.92 Å². The Kier molecular flexibility index (Phi) is 7.36. The zero-order valence-electron chi connectivity index (χ0n) is 16.1. The summed E-state index contributed by atoms with van der Waals surface area (Å²) < 4.78 is 10.7. The van der Waals surface area contributed by atoms with Crippen LogP contribution in [0.1, 0.15) is 18.1 Å². The fraction of sp³-hybridized carbons (Fsp3) is 0.350. The van der Waals surface area contributed by atoms with Gasteiger partial charge in [0.15, 0.2) is 11.5 Å². The SMILES string of the molecule is COc1cc(C)c(CN(C)[C@H](C)C(=O)Nc2c(Cl)cccc2Cl)cc1OC. The number of carbonyl (C=O) groups is 1. The third-order valence-electron chi connectivity index (χ3n) is 4.51. The number of ether oxygens (including phenoxy) is 2. The molecule has 1 amide bonds. The largest absolute Gasteiger partial charge is 0.493 e. The van der Waals surface area contributed by atoms with Crippen molar-refractivity contribution in [1.29, 1.82) is 0 Å². The van der Waals surface area contributed by atoms with E-state index in [0.29, 0.717) is 33.8 Å². The van der Waals surface area contributed by atoms with Crippen molar-refractivity contribution in [2.75, 3.05) is 26.6 Å². The van der Waals surface area contributed by atoms with Crippen LogP contribution in [0.15, 0.2) is 30.3 Å². The fourth-order valence-corrected chi connectivity index (χ4v) is 3.14. The molecule has 146 valence electrons. The van der Waals surface area contributed by atoms with Gasteiger partial charge in [0.1, 0.15) is 0 Å². The van der Waals surface area contributed by atoms with Gasteiger partial charge in [0, 0.05) is 6.54 Å². The minimum absolute atomic E-state index is 0.189. The third kappa shape index (κ3) is 5.06. The van der Waals surface area contributed by atoms with Crippen LogP contribution >= 0.6 is 23.2 Å². The standard InChI is InChI=1S/C20H24Cl2N2O3/c1-12-9-17(26-4)18(27-5)10-14(12)11-24(3)13(2)20(25)23-19-15(21)7-6-8-16(19)22/h6-10,13H,11H2,1-5H3,(H,23,25)/t13-/m1/s1. The van der Waals surface area contributed by atoms with E-state index in [-0.39, 0.29) is 5.91 Å². The molecule has 0 aromatic heterocycles. The number of hydrogen-bond acceptors (Lipinski definition) is 4. The highest BCUT2D eigenvalue weighted by atomic mass is 35.5. The lowest BCUT2D eigenvalue weighted by Gasteiger charge is -2.25. The molecule has 1 atom stereocenters. The molecule has 2 aromatic carbocycles. The molecule has 0 aliphatic heterocycles. The maximum absolute atomic E-state index is 12.6. The van der Waals surface area contributed by atoms with Gasteiger partial charge in [0.2, 0.25) is 5.91 Å². The molecule has 0 radical (unpaired) electrons. The first-order chi connectivity index (χ1) is 12.8. The lowest BCUT2D eigenvalue weighted by atomic mass is 10.1.